The summed E-state index contributed by atoms with van der Waals surface area (Å²) in [5.41, 5.74) is 0. The van der Waals surface area contributed by atoms with E-state index in [9.17, 15) is 13.7 Å². The van der Waals surface area contributed by atoms with E-state index < -0.39 is 41.6 Å². The third-order valence-electron chi connectivity index (χ3n) is 1.15. The predicted octanol–water partition coefficient (Wildman–Crippen LogP) is -1.69. The molecule has 0 aliphatic carbocycles. The van der Waals surface area contributed by atoms with Crippen molar-refractivity contribution in [3.05, 3.63) is 0 Å². The summed E-state index contributed by atoms with van der Waals surface area (Å²) in [6.07, 6.45) is -3.41. The fraction of sp³-hybridized carbons (Fsp3) is 1.00. The first-order chi connectivity index (χ1) is 6.79. The van der Waals surface area contributed by atoms with Crippen molar-refractivity contribution >= 4 is 60.5 Å². The van der Waals surface area contributed by atoms with Crippen LogP contribution in [0.5, 0.6) is 0 Å². The molecule has 100 valence electrons. The van der Waals surface area contributed by atoms with Gasteiger partial charge >= 0.3 is 22.8 Å². The number of nitrogens with zero attached hydrogens (tertiary/aromatic N) is 1. The Morgan fingerprint density at radius 1 is 0.647 bits per heavy atom. The Morgan fingerprint density at radius 3 is 0.941 bits per heavy atom. The maximum absolute atomic E-state index is 10.6. The van der Waals surface area contributed by atoms with Gasteiger partial charge in [-0.1, -0.05) is 0 Å². The zero-order chi connectivity index (χ0) is 13.2. The molecule has 0 unspecified atom stereocenters. The van der Waals surface area contributed by atoms with E-state index in [0.29, 0.717) is 4.90 Å². The first kappa shape index (κ1) is 21.0. The van der Waals surface area contributed by atoms with E-state index in [-0.39, 0.29) is 37.7 Å². The Labute approximate surface area is 126 Å². The number of hydrogen-bond donors (Lipinski definition) is 6. The van der Waals surface area contributed by atoms with Crippen molar-refractivity contribution in [1.29, 1.82) is 0 Å². The fourth-order valence-corrected chi connectivity index (χ4v) is 3.55. The molecule has 0 rings (SSSR count). The van der Waals surface area contributed by atoms with E-state index in [4.69, 9.17) is 29.4 Å². The molecular formula is C3H12CaNO9P3. The fourth-order valence-electron chi connectivity index (χ4n) is 0.916. The summed E-state index contributed by atoms with van der Waals surface area (Å²) in [5.74, 6) is 0. The van der Waals surface area contributed by atoms with Gasteiger partial charge in [0, 0.05) is 37.7 Å². The Hall–Kier alpha value is 1.67. The van der Waals surface area contributed by atoms with E-state index >= 15 is 0 Å². The predicted molar refractivity (Wildman–Crippen MR) is 58.3 cm³/mol. The zero-order valence-electron chi connectivity index (χ0n) is 8.53. The van der Waals surface area contributed by atoms with Crippen LogP contribution in [0.4, 0.5) is 0 Å². The third-order valence-corrected chi connectivity index (χ3v) is 3.46. The van der Waals surface area contributed by atoms with Gasteiger partial charge in [-0.25, -0.2) is 0 Å². The van der Waals surface area contributed by atoms with Crippen molar-refractivity contribution in [2.24, 2.45) is 0 Å². The molecule has 17 heavy (non-hydrogen) atoms. The van der Waals surface area contributed by atoms with Crippen LogP contribution in [0.25, 0.3) is 0 Å². The second-order valence-corrected chi connectivity index (χ2v) is 7.93. The van der Waals surface area contributed by atoms with Gasteiger partial charge in [-0.3, -0.25) is 18.6 Å². The van der Waals surface area contributed by atoms with Crippen molar-refractivity contribution in [2.45, 2.75) is 0 Å². The molecule has 0 aromatic rings. The molecule has 0 saturated heterocycles. The van der Waals surface area contributed by atoms with Crippen molar-refractivity contribution in [3.63, 3.8) is 0 Å². The minimum absolute atomic E-state index is 0. The molecule has 0 atom stereocenters. The molecule has 10 nitrogen and oxygen atoms in total. The van der Waals surface area contributed by atoms with Gasteiger partial charge in [-0.2, -0.15) is 0 Å². The Morgan fingerprint density at radius 2 is 0.824 bits per heavy atom. The second kappa shape index (κ2) is 7.45. The monoisotopic (exact) mass is 339 g/mol. The van der Waals surface area contributed by atoms with E-state index in [1.165, 1.54) is 0 Å². The van der Waals surface area contributed by atoms with Crippen LogP contribution in [0.3, 0.4) is 0 Å². The van der Waals surface area contributed by atoms with Crippen LogP contribution in [0, 0.1) is 0 Å². The standard InChI is InChI=1S/C3H12NO9P3.Ca/c5-14(6,7)1-4(2-15(8,9)10)3-16(11,12)13;/h1-3H2,(H2,5,6,7)(H2,8,9,10)(H2,11,12,13);. The Balaban J connectivity index is 0. The Kier molecular flexibility index (Phi) is 9.19. The molecule has 0 amide bonds. The molecule has 0 saturated carbocycles. The zero-order valence-corrected chi connectivity index (χ0v) is 13.4. The first-order valence-electron chi connectivity index (χ1n) is 3.65. The number of hydrogen-bond acceptors (Lipinski definition) is 4. The molecular weight excluding hydrogens is 327 g/mol. The summed E-state index contributed by atoms with van der Waals surface area (Å²) < 4.78 is 31.7. The Bertz CT molecular complexity index is 311. The smallest absolute Gasteiger partial charge is 0.324 e. The van der Waals surface area contributed by atoms with Crippen LogP contribution in [0.2, 0.25) is 0 Å². The minimum atomic E-state index is -4.65. The molecule has 0 aromatic carbocycles. The van der Waals surface area contributed by atoms with Crippen molar-refractivity contribution < 1.29 is 43.1 Å². The van der Waals surface area contributed by atoms with E-state index in [1.54, 1.807) is 0 Å². The average molecular weight is 339 g/mol. The third kappa shape index (κ3) is 15.6. The van der Waals surface area contributed by atoms with Gasteiger partial charge in [0.25, 0.3) is 0 Å². The second-order valence-electron chi connectivity index (χ2n) is 3.09. The van der Waals surface area contributed by atoms with Gasteiger partial charge in [0.2, 0.25) is 0 Å². The van der Waals surface area contributed by atoms with E-state index in [2.05, 4.69) is 0 Å². The topological polar surface area (TPSA) is 176 Å². The summed E-state index contributed by atoms with van der Waals surface area (Å²) in [4.78, 5) is 51.6. The maximum Gasteiger partial charge on any atom is 0.339 e. The van der Waals surface area contributed by atoms with Crippen LogP contribution in [-0.4, -0.2) is 90.9 Å². The number of rotatable bonds is 6. The quantitative estimate of drug-likeness (QED) is 0.242. The minimum Gasteiger partial charge on any atom is -0.324 e. The summed E-state index contributed by atoms with van der Waals surface area (Å²) in [5, 5.41) is 0. The molecule has 0 spiro atoms. The largest absolute Gasteiger partial charge is 0.339 e. The van der Waals surface area contributed by atoms with Crippen LogP contribution in [0.1, 0.15) is 0 Å². The van der Waals surface area contributed by atoms with E-state index in [1.807, 2.05) is 0 Å². The summed E-state index contributed by atoms with van der Waals surface area (Å²) in [7, 11) is -14.0. The van der Waals surface area contributed by atoms with Gasteiger partial charge in [-0.05, 0) is 0 Å². The molecule has 0 aromatic heterocycles. The maximum atomic E-state index is 10.6. The summed E-state index contributed by atoms with van der Waals surface area (Å²) >= 11 is 0. The normalized spacial score (nSPS) is 13.6. The van der Waals surface area contributed by atoms with Gasteiger partial charge in [0.1, 0.15) is 18.9 Å². The SMILES string of the molecule is O=P(O)(O)CN(CP(=O)(O)O)CP(=O)(O)O.[Ca]. The molecule has 14 heteroatoms. The van der Waals surface area contributed by atoms with Gasteiger partial charge in [-0.15, -0.1) is 0 Å². The first-order valence-corrected chi connectivity index (χ1v) is 9.04. The summed E-state index contributed by atoms with van der Waals surface area (Å²) in [6, 6.07) is 0. The molecule has 6 N–H and O–H groups in total. The van der Waals surface area contributed by atoms with Crippen LogP contribution < -0.4 is 0 Å². The summed E-state index contributed by atoms with van der Waals surface area (Å²) in [6.45, 7) is 0. The van der Waals surface area contributed by atoms with Gasteiger partial charge in [0.15, 0.2) is 0 Å². The molecule has 0 fully saturated rings. The van der Waals surface area contributed by atoms with Crippen molar-refractivity contribution in [3.8, 4) is 0 Å². The van der Waals surface area contributed by atoms with Crippen LogP contribution >= 0.6 is 22.8 Å². The van der Waals surface area contributed by atoms with Crippen LogP contribution in [0.15, 0.2) is 0 Å². The molecule has 0 heterocycles. The van der Waals surface area contributed by atoms with Crippen LogP contribution in [-0.2, 0) is 13.7 Å². The van der Waals surface area contributed by atoms with E-state index in [0.717, 1.165) is 0 Å². The molecule has 0 aliphatic heterocycles. The molecule has 0 aliphatic rings. The molecule has 2 radical (unpaired) electrons. The van der Waals surface area contributed by atoms with Crippen molar-refractivity contribution in [1.82, 2.24) is 4.90 Å². The molecule has 0 bridgehead atoms. The van der Waals surface area contributed by atoms with Crippen molar-refractivity contribution in [2.75, 3.05) is 18.9 Å². The van der Waals surface area contributed by atoms with Gasteiger partial charge < -0.3 is 29.4 Å². The average Bonchev–Trinajstić information content (AvgIpc) is 1.70. The van der Waals surface area contributed by atoms with Gasteiger partial charge in [0.05, 0.1) is 0 Å².